The highest BCUT2D eigenvalue weighted by atomic mass is 19.4. The summed E-state index contributed by atoms with van der Waals surface area (Å²) in [5, 5.41) is 4.74. The standard InChI is InChI=1S/C19H13F3N6O/c20-19(21,22)17-25-18-24-10-13-15(28(18)26-17)6-8-27(16(13)29)7-5-11-9-23-14-4-2-1-3-12(11)14/h1-4,6,8-10,23H,5,7H2. The number of aromatic amines is 1. The summed E-state index contributed by atoms with van der Waals surface area (Å²) in [6.07, 6.45) is 0.634. The molecule has 4 heterocycles. The maximum atomic E-state index is 12.9. The van der Waals surface area contributed by atoms with Gasteiger partial charge in [-0.2, -0.15) is 22.7 Å². The Labute approximate surface area is 160 Å². The van der Waals surface area contributed by atoms with E-state index in [1.807, 2.05) is 30.5 Å². The Morgan fingerprint density at radius 3 is 2.76 bits per heavy atom. The van der Waals surface area contributed by atoms with Crippen LogP contribution in [0.5, 0.6) is 0 Å². The summed E-state index contributed by atoms with van der Waals surface area (Å²) in [6, 6.07) is 9.43. The van der Waals surface area contributed by atoms with Gasteiger partial charge in [-0.15, -0.1) is 5.10 Å². The van der Waals surface area contributed by atoms with Crippen molar-refractivity contribution in [3.8, 4) is 0 Å². The van der Waals surface area contributed by atoms with E-state index in [1.54, 1.807) is 12.3 Å². The average molecular weight is 398 g/mol. The van der Waals surface area contributed by atoms with E-state index in [2.05, 4.69) is 20.1 Å². The molecule has 0 fully saturated rings. The van der Waals surface area contributed by atoms with Crippen molar-refractivity contribution in [1.82, 2.24) is 29.1 Å². The molecule has 7 nitrogen and oxygen atoms in total. The fourth-order valence-electron chi connectivity index (χ4n) is 3.44. The normalized spacial score (nSPS) is 12.4. The summed E-state index contributed by atoms with van der Waals surface area (Å²) in [5.41, 5.74) is 1.98. The van der Waals surface area contributed by atoms with Crippen LogP contribution in [0.3, 0.4) is 0 Å². The predicted molar refractivity (Wildman–Crippen MR) is 99.6 cm³/mol. The van der Waals surface area contributed by atoms with E-state index in [1.165, 1.54) is 10.8 Å². The second-order valence-electron chi connectivity index (χ2n) is 6.63. The molecule has 10 heteroatoms. The minimum Gasteiger partial charge on any atom is -0.361 e. The first-order valence-corrected chi connectivity index (χ1v) is 8.79. The Kier molecular flexibility index (Phi) is 3.70. The number of halogens is 3. The monoisotopic (exact) mass is 398 g/mol. The molecular formula is C19H13F3N6O. The molecule has 0 saturated heterocycles. The highest BCUT2D eigenvalue weighted by Crippen LogP contribution is 2.26. The number of fused-ring (bicyclic) bond motifs is 4. The topological polar surface area (TPSA) is 80.9 Å². The lowest BCUT2D eigenvalue weighted by atomic mass is 10.1. The summed E-state index contributed by atoms with van der Waals surface area (Å²) in [4.78, 5) is 23.3. The average Bonchev–Trinajstić information content (AvgIpc) is 3.31. The molecule has 0 atom stereocenters. The number of alkyl halides is 3. The maximum Gasteiger partial charge on any atom is 0.453 e. The van der Waals surface area contributed by atoms with Crippen LogP contribution in [0.2, 0.25) is 0 Å². The van der Waals surface area contributed by atoms with Gasteiger partial charge >= 0.3 is 6.18 Å². The molecular weight excluding hydrogens is 385 g/mol. The summed E-state index contributed by atoms with van der Waals surface area (Å²) in [5.74, 6) is -1.50. The van der Waals surface area contributed by atoms with Crippen LogP contribution in [-0.2, 0) is 19.1 Å². The third-order valence-electron chi connectivity index (χ3n) is 4.86. The highest BCUT2D eigenvalue weighted by Gasteiger charge is 2.36. The fourth-order valence-corrected chi connectivity index (χ4v) is 3.44. The van der Waals surface area contributed by atoms with Gasteiger partial charge in [-0.3, -0.25) is 4.79 Å². The van der Waals surface area contributed by atoms with Crippen molar-refractivity contribution in [1.29, 1.82) is 0 Å². The van der Waals surface area contributed by atoms with E-state index < -0.39 is 12.0 Å². The van der Waals surface area contributed by atoms with Gasteiger partial charge in [0, 0.05) is 36.0 Å². The number of rotatable bonds is 3. The smallest absolute Gasteiger partial charge is 0.361 e. The van der Waals surface area contributed by atoms with Crippen LogP contribution in [0, 0.1) is 0 Å². The highest BCUT2D eigenvalue weighted by molar-refractivity contribution is 5.83. The van der Waals surface area contributed by atoms with E-state index in [0.717, 1.165) is 21.0 Å². The zero-order valence-corrected chi connectivity index (χ0v) is 14.8. The Bertz CT molecular complexity index is 1430. The van der Waals surface area contributed by atoms with Gasteiger partial charge in [0.2, 0.25) is 0 Å². The number of benzene rings is 1. The van der Waals surface area contributed by atoms with Crippen molar-refractivity contribution in [3.63, 3.8) is 0 Å². The molecule has 29 heavy (non-hydrogen) atoms. The van der Waals surface area contributed by atoms with Gasteiger partial charge in [-0.1, -0.05) is 18.2 Å². The van der Waals surface area contributed by atoms with Gasteiger partial charge in [0.05, 0.1) is 10.9 Å². The molecule has 0 radical (unpaired) electrons. The quantitative estimate of drug-likeness (QED) is 0.506. The lowest BCUT2D eigenvalue weighted by Gasteiger charge is -2.07. The molecule has 0 aliphatic rings. The number of aryl methyl sites for hydroxylation is 2. The second kappa shape index (κ2) is 6.16. The number of nitrogens with zero attached hydrogens (tertiary/aromatic N) is 5. The van der Waals surface area contributed by atoms with E-state index >= 15 is 0 Å². The van der Waals surface area contributed by atoms with Crippen LogP contribution in [0.15, 0.2) is 53.7 Å². The van der Waals surface area contributed by atoms with Crippen molar-refractivity contribution < 1.29 is 13.2 Å². The number of H-pyrrole nitrogens is 1. The minimum atomic E-state index is -4.69. The predicted octanol–water partition coefficient (Wildman–Crippen LogP) is 3.18. The first-order chi connectivity index (χ1) is 13.9. The van der Waals surface area contributed by atoms with Crippen molar-refractivity contribution in [3.05, 3.63) is 70.7 Å². The summed E-state index contributed by atoms with van der Waals surface area (Å²) >= 11 is 0. The summed E-state index contributed by atoms with van der Waals surface area (Å²) in [7, 11) is 0. The van der Waals surface area contributed by atoms with Crippen LogP contribution in [0.1, 0.15) is 11.4 Å². The molecule has 5 aromatic rings. The van der Waals surface area contributed by atoms with E-state index in [9.17, 15) is 18.0 Å². The summed E-state index contributed by atoms with van der Waals surface area (Å²) in [6.45, 7) is 0.416. The molecule has 5 rings (SSSR count). The fraction of sp³-hybridized carbons (Fsp3) is 0.158. The molecule has 0 amide bonds. The molecule has 1 N–H and O–H groups in total. The number of aromatic nitrogens is 6. The maximum absolute atomic E-state index is 12.9. The third-order valence-corrected chi connectivity index (χ3v) is 4.86. The zero-order chi connectivity index (χ0) is 20.2. The Morgan fingerprint density at radius 2 is 1.93 bits per heavy atom. The largest absolute Gasteiger partial charge is 0.453 e. The molecule has 146 valence electrons. The van der Waals surface area contributed by atoms with Gasteiger partial charge in [0.25, 0.3) is 17.2 Å². The number of nitrogens with one attached hydrogen (secondary N) is 1. The molecule has 0 aliphatic heterocycles. The number of hydrogen-bond acceptors (Lipinski definition) is 4. The molecule has 0 bridgehead atoms. The minimum absolute atomic E-state index is 0.178. The van der Waals surface area contributed by atoms with Crippen LogP contribution < -0.4 is 5.56 Å². The Balaban J connectivity index is 1.53. The molecule has 0 saturated carbocycles. The van der Waals surface area contributed by atoms with Gasteiger partial charge in [0.15, 0.2) is 0 Å². The first-order valence-electron chi connectivity index (χ1n) is 8.79. The van der Waals surface area contributed by atoms with Crippen LogP contribution in [-0.4, -0.2) is 29.1 Å². The Hall–Kier alpha value is -3.69. The van der Waals surface area contributed by atoms with Crippen LogP contribution in [0.25, 0.3) is 27.6 Å². The molecule has 1 aromatic carbocycles. The first kappa shape index (κ1) is 17.4. The van der Waals surface area contributed by atoms with Crippen LogP contribution >= 0.6 is 0 Å². The SMILES string of the molecule is O=c1c2cnc3nc(C(F)(F)F)nn3c2ccn1CCc1c[nH]c2ccccc12. The van der Waals surface area contributed by atoms with Crippen molar-refractivity contribution in [2.24, 2.45) is 0 Å². The molecule has 0 unspecified atom stereocenters. The van der Waals surface area contributed by atoms with E-state index in [-0.39, 0.29) is 22.2 Å². The zero-order valence-electron chi connectivity index (χ0n) is 14.8. The van der Waals surface area contributed by atoms with Crippen molar-refractivity contribution in [2.45, 2.75) is 19.1 Å². The molecule has 4 aromatic heterocycles. The van der Waals surface area contributed by atoms with Crippen molar-refractivity contribution >= 4 is 27.6 Å². The number of pyridine rings is 1. The lowest BCUT2D eigenvalue weighted by molar-refractivity contribution is -0.144. The summed E-state index contributed by atoms with van der Waals surface area (Å²) < 4.78 is 41.1. The van der Waals surface area contributed by atoms with Gasteiger partial charge in [0.1, 0.15) is 0 Å². The second-order valence-corrected chi connectivity index (χ2v) is 6.63. The van der Waals surface area contributed by atoms with Crippen molar-refractivity contribution in [2.75, 3.05) is 0 Å². The van der Waals surface area contributed by atoms with Gasteiger partial charge in [-0.05, 0) is 24.1 Å². The number of hydrogen-bond donors (Lipinski definition) is 1. The third kappa shape index (κ3) is 2.84. The number of para-hydroxylation sites is 1. The molecule has 0 spiro atoms. The van der Waals surface area contributed by atoms with E-state index in [4.69, 9.17) is 0 Å². The van der Waals surface area contributed by atoms with Gasteiger partial charge in [-0.25, -0.2) is 4.98 Å². The van der Waals surface area contributed by atoms with Gasteiger partial charge < -0.3 is 9.55 Å². The molecule has 0 aliphatic carbocycles. The Morgan fingerprint density at radius 1 is 1.10 bits per heavy atom. The van der Waals surface area contributed by atoms with E-state index in [0.29, 0.717) is 13.0 Å². The lowest BCUT2D eigenvalue weighted by Crippen LogP contribution is -2.21. The van der Waals surface area contributed by atoms with Crippen LogP contribution in [0.4, 0.5) is 13.2 Å².